The maximum absolute atomic E-state index is 13.6. The van der Waals surface area contributed by atoms with E-state index in [-0.39, 0.29) is 22.8 Å². The van der Waals surface area contributed by atoms with Gasteiger partial charge in [-0.25, -0.2) is 9.80 Å². The van der Waals surface area contributed by atoms with Crippen molar-refractivity contribution in [2.75, 3.05) is 13.7 Å². The van der Waals surface area contributed by atoms with Gasteiger partial charge in [0.25, 0.3) is 17.7 Å². The van der Waals surface area contributed by atoms with Gasteiger partial charge in [-0.2, -0.15) is 5.01 Å². The molecule has 216 valence electrons. The van der Waals surface area contributed by atoms with Crippen molar-refractivity contribution < 1.29 is 33.4 Å². The topological polar surface area (TPSA) is 110 Å². The average Bonchev–Trinajstić information content (AvgIpc) is 3.24. The second-order valence-electron chi connectivity index (χ2n) is 10.6. The van der Waals surface area contributed by atoms with Crippen molar-refractivity contribution in [2.45, 2.75) is 26.2 Å². The van der Waals surface area contributed by atoms with Gasteiger partial charge in [0.2, 0.25) is 0 Å². The molecule has 1 aliphatic carbocycles. The van der Waals surface area contributed by atoms with Gasteiger partial charge in [0.1, 0.15) is 18.0 Å². The first kappa shape index (κ1) is 29.0. The van der Waals surface area contributed by atoms with E-state index in [0.29, 0.717) is 29.2 Å². The summed E-state index contributed by atoms with van der Waals surface area (Å²) < 4.78 is 10.6. The van der Waals surface area contributed by atoms with Crippen LogP contribution in [0.1, 0.15) is 57.3 Å². The summed E-state index contributed by atoms with van der Waals surface area (Å²) in [6.45, 7) is 1.49. The minimum absolute atomic E-state index is 0.177. The number of fused-ring (bicyclic) bond motifs is 1. The van der Waals surface area contributed by atoms with E-state index in [2.05, 4.69) is 0 Å². The number of halogens is 1. The lowest BCUT2D eigenvalue weighted by Crippen LogP contribution is -2.52. The van der Waals surface area contributed by atoms with Gasteiger partial charge in [0.05, 0.1) is 24.5 Å². The third kappa shape index (κ3) is 5.92. The van der Waals surface area contributed by atoms with Crippen LogP contribution in [0.15, 0.2) is 72.8 Å². The largest absolute Gasteiger partial charge is 0.497 e. The zero-order chi connectivity index (χ0) is 30.0. The molecule has 3 amide bonds. The monoisotopic (exact) mass is 588 g/mol. The first-order valence-corrected chi connectivity index (χ1v) is 14.0. The van der Waals surface area contributed by atoms with Crippen LogP contribution in [0.5, 0.6) is 11.5 Å². The first-order chi connectivity index (χ1) is 20.2. The summed E-state index contributed by atoms with van der Waals surface area (Å²) in [5.41, 5.74) is 0.673. The number of ketones is 1. The number of hydrogen-bond acceptors (Lipinski definition) is 7. The molecule has 1 heterocycles. The predicted octanol–water partition coefficient (Wildman–Crippen LogP) is 5.23. The van der Waals surface area contributed by atoms with E-state index < -0.39 is 47.9 Å². The average molecular weight is 589 g/mol. The zero-order valence-corrected chi connectivity index (χ0v) is 23.9. The highest BCUT2D eigenvalue weighted by Gasteiger charge is 2.52. The molecule has 0 N–H and O–H groups in total. The van der Waals surface area contributed by atoms with Crippen molar-refractivity contribution in [2.24, 2.45) is 17.8 Å². The molecule has 2 fully saturated rings. The summed E-state index contributed by atoms with van der Waals surface area (Å²) in [7, 11) is 1.49. The number of amides is 3. The van der Waals surface area contributed by atoms with Gasteiger partial charge >= 0.3 is 5.97 Å². The number of hydrazine groups is 1. The molecule has 3 aromatic carbocycles. The number of methoxy groups -OCH3 is 1. The van der Waals surface area contributed by atoms with E-state index in [4.69, 9.17) is 21.1 Å². The standard InChI is InChI=1S/C32H29ClN2O7/c1-19-6-15-26-27(16-19)31(39)35(30(26)38)34(29(37)21-7-11-23(33)12-8-21)18-28(36)20-9-13-24(14-10-20)42-32(40)22-4-3-5-25(17-22)41-2/h3-5,7-14,17,19,26-27H,6,15-16,18H2,1-2H3/t19-,26-,27+/m1/s1. The Morgan fingerprint density at radius 3 is 2.21 bits per heavy atom. The Morgan fingerprint density at radius 2 is 1.52 bits per heavy atom. The van der Waals surface area contributed by atoms with Crippen molar-refractivity contribution in [3.63, 3.8) is 0 Å². The third-order valence-corrected chi connectivity index (χ3v) is 7.97. The van der Waals surface area contributed by atoms with Gasteiger partial charge in [-0.05, 0) is 91.9 Å². The Bertz CT molecular complexity index is 1540. The minimum Gasteiger partial charge on any atom is -0.497 e. The summed E-state index contributed by atoms with van der Waals surface area (Å²) >= 11 is 5.99. The molecule has 2 aliphatic rings. The molecule has 1 saturated carbocycles. The lowest BCUT2D eigenvalue weighted by atomic mass is 9.76. The Balaban J connectivity index is 1.36. The minimum atomic E-state index is -0.669. The number of Topliss-reactive ketones (excluding diaryl/α,β-unsaturated/α-hetero) is 1. The fraction of sp³-hybridized carbons (Fsp3) is 0.281. The number of carbonyl (C=O) groups is 5. The molecular weight excluding hydrogens is 560 g/mol. The summed E-state index contributed by atoms with van der Waals surface area (Å²) in [6.07, 6.45) is 1.92. The molecule has 5 rings (SSSR count). The predicted molar refractivity (Wildman–Crippen MR) is 153 cm³/mol. The maximum atomic E-state index is 13.6. The molecule has 0 radical (unpaired) electrons. The second kappa shape index (κ2) is 12.2. The Hall–Kier alpha value is -4.50. The molecule has 0 spiro atoms. The number of imide groups is 1. The van der Waals surface area contributed by atoms with Gasteiger partial charge in [-0.1, -0.05) is 24.6 Å². The fourth-order valence-corrected chi connectivity index (χ4v) is 5.56. The molecule has 3 atom stereocenters. The van der Waals surface area contributed by atoms with Gasteiger partial charge in [-0.3, -0.25) is 19.2 Å². The Morgan fingerprint density at radius 1 is 0.857 bits per heavy atom. The van der Waals surface area contributed by atoms with Gasteiger partial charge < -0.3 is 9.47 Å². The van der Waals surface area contributed by atoms with E-state index in [1.165, 1.54) is 55.6 Å². The molecule has 9 nitrogen and oxygen atoms in total. The highest BCUT2D eigenvalue weighted by Crippen LogP contribution is 2.41. The molecular formula is C32H29ClN2O7. The van der Waals surface area contributed by atoms with Crippen molar-refractivity contribution in [1.29, 1.82) is 0 Å². The highest BCUT2D eigenvalue weighted by atomic mass is 35.5. The normalized spacial score (nSPS) is 19.7. The number of nitrogens with zero attached hydrogens (tertiary/aromatic N) is 2. The smallest absolute Gasteiger partial charge is 0.343 e. The second-order valence-corrected chi connectivity index (χ2v) is 11.0. The van der Waals surface area contributed by atoms with Crippen LogP contribution in [0.2, 0.25) is 5.02 Å². The summed E-state index contributed by atoms with van der Waals surface area (Å²) in [5, 5.41) is 2.22. The molecule has 0 unspecified atom stereocenters. The molecule has 10 heteroatoms. The van der Waals surface area contributed by atoms with Crippen LogP contribution in [0.25, 0.3) is 0 Å². The van der Waals surface area contributed by atoms with Gasteiger partial charge in [-0.15, -0.1) is 0 Å². The summed E-state index contributed by atoms with van der Waals surface area (Å²) in [5.74, 6) is -2.75. The molecule has 1 saturated heterocycles. The first-order valence-electron chi connectivity index (χ1n) is 13.6. The van der Waals surface area contributed by atoms with Crippen molar-refractivity contribution in [1.82, 2.24) is 10.0 Å². The highest BCUT2D eigenvalue weighted by molar-refractivity contribution is 6.30. The zero-order valence-electron chi connectivity index (χ0n) is 23.1. The molecule has 0 bridgehead atoms. The van der Waals surface area contributed by atoms with Crippen LogP contribution >= 0.6 is 11.6 Å². The number of hydrogen-bond donors (Lipinski definition) is 0. The van der Waals surface area contributed by atoms with Crippen molar-refractivity contribution in [3.8, 4) is 11.5 Å². The summed E-state index contributed by atoms with van der Waals surface area (Å²) in [6, 6.07) is 18.3. The number of carbonyl (C=O) groups excluding carboxylic acids is 5. The summed E-state index contributed by atoms with van der Waals surface area (Å²) in [4.78, 5) is 66.5. The van der Waals surface area contributed by atoms with E-state index in [1.807, 2.05) is 6.92 Å². The van der Waals surface area contributed by atoms with Crippen LogP contribution < -0.4 is 9.47 Å². The number of benzene rings is 3. The maximum Gasteiger partial charge on any atom is 0.343 e. The number of esters is 1. The van der Waals surface area contributed by atoms with Crippen molar-refractivity contribution in [3.05, 3.63) is 94.5 Å². The third-order valence-electron chi connectivity index (χ3n) is 7.72. The molecule has 42 heavy (non-hydrogen) atoms. The number of ether oxygens (including phenoxy) is 2. The van der Waals surface area contributed by atoms with Crippen LogP contribution in [0, 0.1) is 17.8 Å². The van der Waals surface area contributed by atoms with Crippen molar-refractivity contribution >= 4 is 41.1 Å². The van der Waals surface area contributed by atoms with E-state index in [1.54, 1.807) is 24.3 Å². The van der Waals surface area contributed by atoms with E-state index in [0.717, 1.165) is 16.4 Å². The molecule has 0 aromatic heterocycles. The SMILES string of the molecule is COc1cccc(C(=O)Oc2ccc(C(=O)CN(C(=O)c3ccc(Cl)cc3)N3C(=O)[C@H]4C[C@H](C)CC[C@H]4C3=O)cc2)c1. The van der Waals surface area contributed by atoms with Crippen LogP contribution in [0.3, 0.4) is 0 Å². The van der Waals surface area contributed by atoms with Crippen LogP contribution in [-0.2, 0) is 9.59 Å². The van der Waals surface area contributed by atoms with E-state index in [9.17, 15) is 24.0 Å². The Kier molecular flexibility index (Phi) is 8.40. The van der Waals surface area contributed by atoms with E-state index >= 15 is 0 Å². The quantitative estimate of drug-likeness (QED) is 0.153. The van der Waals surface area contributed by atoms with Gasteiger partial charge in [0, 0.05) is 16.1 Å². The lowest BCUT2D eigenvalue weighted by Gasteiger charge is -2.30. The fourth-order valence-electron chi connectivity index (χ4n) is 5.44. The molecule has 1 aliphatic heterocycles. The Labute approximate surface area is 247 Å². The van der Waals surface area contributed by atoms with Crippen LogP contribution in [-0.4, -0.2) is 53.1 Å². The van der Waals surface area contributed by atoms with Gasteiger partial charge in [0.15, 0.2) is 5.78 Å². The van der Waals surface area contributed by atoms with Crippen LogP contribution in [0.4, 0.5) is 0 Å². The lowest BCUT2D eigenvalue weighted by molar-refractivity contribution is -0.154. The number of rotatable bonds is 8. The molecule has 3 aromatic rings.